The largest absolute Gasteiger partial charge is 0.312 e. The Balaban J connectivity index is 2.41. The van der Waals surface area contributed by atoms with Crippen LogP contribution in [0.4, 0.5) is 8.78 Å². The minimum absolute atomic E-state index is 0.0910. The SMILES string of the molecule is CNS(=O)(=O)CCNCc1ccc(F)cc1F. The molecule has 0 bridgehead atoms. The molecule has 1 aromatic rings. The summed E-state index contributed by atoms with van der Waals surface area (Å²) in [6.45, 7) is 0.353. The number of hydrogen-bond acceptors (Lipinski definition) is 3. The molecule has 96 valence electrons. The van der Waals surface area contributed by atoms with E-state index < -0.39 is 21.7 Å². The quantitative estimate of drug-likeness (QED) is 0.740. The van der Waals surface area contributed by atoms with Crippen molar-refractivity contribution in [2.75, 3.05) is 19.3 Å². The van der Waals surface area contributed by atoms with E-state index in [0.29, 0.717) is 5.56 Å². The maximum absolute atomic E-state index is 13.2. The summed E-state index contributed by atoms with van der Waals surface area (Å²) < 4.78 is 50.0. The summed E-state index contributed by atoms with van der Waals surface area (Å²) in [5.41, 5.74) is 0.299. The van der Waals surface area contributed by atoms with E-state index in [4.69, 9.17) is 0 Å². The minimum atomic E-state index is -3.26. The van der Waals surface area contributed by atoms with Gasteiger partial charge in [0.1, 0.15) is 11.6 Å². The molecule has 0 unspecified atom stereocenters. The topological polar surface area (TPSA) is 58.2 Å². The summed E-state index contributed by atoms with van der Waals surface area (Å²) >= 11 is 0. The summed E-state index contributed by atoms with van der Waals surface area (Å²) in [6.07, 6.45) is 0. The molecule has 0 aliphatic heterocycles. The van der Waals surface area contributed by atoms with Crippen LogP contribution in [0.5, 0.6) is 0 Å². The summed E-state index contributed by atoms with van der Waals surface area (Å²) in [4.78, 5) is 0. The average Bonchev–Trinajstić information content (AvgIpc) is 2.27. The molecule has 1 rings (SSSR count). The molecule has 4 nitrogen and oxygen atoms in total. The van der Waals surface area contributed by atoms with Crippen molar-refractivity contribution in [3.8, 4) is 0 Å². The van der Waals surface area contributed by atoms with Crippen LogP contribution in [0.25, 0.3) is 0 Å². The van der Waals surface area contributed by atoms with Crippen LogP contribution in [-0.4, -0.2) is 27.8 Å². The third kappa shape index (κ3) is 4.76. The molecule has 0 heterocycles. The van der Waals surface area contributed by atoms with Crippen LogP contribution >= 0.6 is 0 Å². The number of halogens is 2. The van der Waals surface area contributed by atoms with E-state index in [9.17, 15) is 17.2 Å². The molecule has 0 fully saturated rings. The molecule has 0 atom stereocenters. The fourth-order valence-electron chi connectivity index (χ4n) is 1.20. The Kier molecular flexibility index (Phi) is 4.98. The lowest BCUT2D eigenvalue weighted by Crippen LogP contribution is -2.29. The number of sulfonamides is 1. The first-order valence-corrected chi connectivity index (χ1v) is 6.66. The highest BCUT2D eigenvalue weighted by atomic mass is 32.2. The predicted octanol–water partition coefficient (Wildman–Crippen LogP) is 0.604. The standard InChI is InChI=1S/C10H14F2N2O2S/c1-13-17(15,16)5-4-14-7-8-2-3-9(11)6-10(8)12/h2-3,6,13-14H,4-5,7H2,1H3. The number of benzene rings is 1. The first-order valence-electron chi connectivity index (χ1n) is 5.00. The minimum Gasteiger partial charge on any atom is -0.312 e. The second-order valence-electron chi connectivity index (χ2n) is 3.44. The first-order chi connectivity index (χ1) is 7.94. The van der Waals surface area contributed by atoms with Gasteiger partial charge in [-0.2, -0.15) is 0 Å². The summed E-state index contributed by atoms with van der Waals surface area (Å²) in [5, 5.41) is 2.77. The summed E-state index contributed by atoms with van der Waals surface area (Å²) in [5.74, 6) is -1.37. The molecular formula is C10H14F2N2O2S. The fraction of sp³-hybridized carbons (Fsp3) is 0.400. The predicted molar refractivity (Wildman–Crippen MR) is 60.9 cm³/mol. The third-order valence-electron chi connectivity index (χ3n) is 2.19. The smallest absolute Gasteiger partial charge is 0.212 e. The van der Waals surface area contributed by atoms with Crippen LogP contribution in [0, 0.1) is 11.6 Å². The van der Waals surface area contributed by atoms with Crippen molar-refractivity contribution in [3.63, 3.8) is 0 Å². The van der Waals surface area contributed by atoms with E-state index >= 15 is 0 Å². The van der Waals surface area contributed by atoms with Crippen molar-refractivity contribution < 1.29 is 17.2 Å². The van der Waals surface area contributed by atoms with E-state index in [-0.39, 0.29) is 18.8 Å². The molecule has 0 spiro atoms. The lowest BCUT2D eigenvalue weighted by atomic mass is 10.2. The number of rotatable bonds is 6. The van der Waals surface area contributed by atoms with Gasteiger partial charge >= 0.3 is 0 Å². The zero-order chi connectivity index (χ0) is 12.9. The normalized spacial score (nSPS) is 11.7. The van der Waals surface area contributed by atoms with Crippen molar-refractivity contribution in [1.82, 2.24) is 10.0 Å². The summed E-state index contributed by atoms with van der Waals surface area (Å²) in [6, 6.07) is 3.27. The highest BCUT2D eigenvalue weighted by Crippen LogP contribution is 2.08. The van der Waals surface area contributed by atoms with Crippen molar-refractivity contribution in [1.29, 1.82) is 0 Å². The Labute approximate surface area is 99.1 Å². The van der Waals surface area contributed by atoms with Crippen LogP contribution in [0.3, 0.4) is 0 Å². The highest BCUT2D eigenvalue weighted by Gasteiger charge is 2.07. The van der Waals surface area contributed by atoms with Crippen LogP contribution in [0.15, 0.2) is 18.2 Å². The van der Waals surface area contributed by atoms with Gasteiger partial charge in [-0.05, 0) is 13.1 Å². The van der Waals surface area contributed by atoms with Crippen molar-refractivity contribution >= 4 is 10.0 Å². The van der Waals surface area contributed by atoms with Crippen LogP contribution in [0.2, 0.25) is 0 Å². The zero-order valence-corrected chi connectivity index (χ0v) is 10.2. The van der Waals surface area contributed by atoms with E-state index in [1.54, 1.807) is 0 Å². The second kappa shape index (κ2) is 6.04. The number of nitrogens with one attached hydrogen (secondary N) is 2. The Morgan fingerprint density at radius 3 is 2.59 bits per heavy atom. The van der Waals surface area contributed by atoms with E-state index in [1.165, 1.54) is 13.1 Å². The number of hydrogen-bond donors (Lipinski definition) is 2. The monoisotopic (exact) mass is 264 g/mol. The summed E-state index contributed by atoms with van der Waals surface area (Å²) in [7, 11) is -1.93. The lowest BCUT2D eigenvalue weighted by molar-refractivity contribution is 0.561. The molecule has 0 saturated heterocycles. The van der Waals surface area contributed by atoms with Gasteiger partial charge in [0, 0.05) is 24.7 Å². The van der Waals surface area contributed by atoms with Crippen molar-refractivity contribution in [2.45, 2.75) is 6.54 Å². The maximum Gasteiger partial charge on any atom is 0.212 e. The molecule has 0 amide bonds. The third-order valence-corrected chi connectivity index (χ3v) is 3.55. The molecule has 0 aromatic heterocycles. The zero-order valence-electron chi connectivity index (χ0n) is 9.33. The molecule has 2 N–H and O–H groups in total. The van der Waals surface area contributed by atoms with Gasteiger partial charge < -0.3 is 5.32 Å². The molecule has 0 aliphatic carbocycles. The molecular weight excluding hydrogens is 250 g/mol. The van der Waals surface area contributed by atoms with Gasteiger partial charge in [0.15, 0.2) is 0 Å². The van der Waals surface area contributed by atoms with Gasteiger partial charge in [-0.1, -0.05) is 6.07 Å². The van der Waals surface area contributed by atoms with Crippen LogP contribution in [-0.2, 0) is 16.6 Å². The first kappa shape index (κ1) is 14.0. The van der Waals surface area contributed by atoms with Gasteiger partial charge in [0.2, 0.25) is 10.0 Å². The van der Waals surface area contributed by atoms with E-state index in [0.717, 1.165) is 12.1 Å². The average molecular weight is 264 g/mol. The Morgan fingerprint density at radius 1 is 1.29 bits per heavy atom. The van der Waals surface area contributed by atoms with Crippen LogP contribution < -0.4 is 10.0 Å². The van der Waals surface area contributed by atoms with Gasteiger partial charge in [-0.25, -0.2) is 21.9 Å². The molecule has 0 aliphatic rings. The molecule has 0 radical (unpaired) electrons. The maximum atomic E-state index is 13.2. The Hall–Kier alpha value is -1.05. The van der Waals surface area contributed by atoms with E-state index in [1.807, 2.05) is 0 Å². The fourth-order valence-corrected chi connectivity index (χ4v) is 1.81. The molecule has 1 aromatic carbocycles. The highest BCUT2D eigenvalue weighted by molar-refractivity contribution is 7.89. The van der Waals surface area contributed by atoms with Gasteiger partial charge in [0.25, 0.3) is 0 Å². The van der Waals surface area contributed by atoms with Gasteiger partial charge in [-0.3, -0.25) is 0 Å². The molecule has 7 heteroatoms. The van der Waals surface area contributed by atoms with Crippen molar-refractivity contribution in [3.05, 3.63) is 35.4 Å². The Morgan fingerprint density at radius 2 is 2.00 bits per heavy atom. The second-order valence-corrected chi connectivity index (χ2v) is 5.48. The van der Waals surface area contributed by atoms with Crippen LogP contribution in [0.1, 0.15) is 5.56 Å². The lowest BCUT2D eigenvalue weighted by Gasteiger charge is -2.06. The Bertz CT molecular complexity index is 477. The van der Waals surface area contributed by atoms with Gasteiger partial charge in [-0.15, -0.1) is 0 Å². The molecule has 0 saturated carbocycles. The molecule has 17 heavy (non-hydrogen) atoms. The van der Waals surface area contributed by atoms with E-state index in [2.05, 4.69) is 10.0 Å². The van der Waals surface area contributed by atoms with Gasteiger partial charge in [0.05, 0.1) is 5.75 Å². The van der Waals surface area contributed by atoms with Crippen molar-refractivity contribution in [2.24, 2.45) is 0 Å².